The summed E-state index contributed by atoms with van der Waals surface area (Å²) in [7, 11) is 1.59. The topological polar surface area (TPSA) is 57.4 Å². The first-order valence-corrected chi connectivity index (χ1v) is 6.23. The molecule has 0 aliphatic carbocycles. The van der Waals surface area contributed by atoms with Crippen LogP contribution in [0.1, 0.15) is 0 Å². The Morgan fingerprint density at radius 2 is 1.85 bits per heavy atom. The maximum absolute atomic E-state index is 6.00. The average Bonchev–Trinajstić information content (AvgIpc) is 2.51. The first-order chi connectivity index (χ1) is 9.79. The number of fused-ring (bicyclic) bond motifs is 1. The number of hydrogen-bond acceptors (Lipinski definition) is 4. The van der Waals surface area contributed by atoms with Crippen molar-refractivity contribution >= 4 is 16.6 Å². The molecule has 0 radical (unpaired) electrons. The molecule has 0 aliphatic rings. The molecule has 20 heavy (non-hydrogen) atoms. The molecule has 1 heterocycles. The fourth-order valence-electron chi connectivity index (χ4n) is 2.09. The van der Waals surface area contributed by atoms with Crippen molar-refractivity contribution in [3.8, 4) is 17.2 Å². The highest BCUT2D eigenvalue weighted by molar-refractivity contribution is 5.96. The van der Waals surface area contributed by atoms with Crippen molar-refractivity contribution in [3.63, 3.8) is 0 Å². The third-order valence-corrected chi connectivity index (χ3v) is 3.02. The Morgan fingerprint density at radius 3 is 2.60 bits per heavy atom. The van der Waals surface area contributed by atoms with Crippen molar-refractivity contribution in [3.05, 3.63) is 54.7 Å². The van der Waals surface area contributed by atoms with E-state index >= 15 is 0 Å². The molecule has 0 unspecified atom stereocenters. The minimum atomic E-state index is 0.567. The predicted molar refractivity (Wildman–Crippen MR) is 79.2 cm³/mol. The van der Waals surface area contributed by atoms with E-state index < -0.39 is 0 Å². The Kier molecular flexibility index (Phi) is 3.13. The minimum absolute atomic E-state index is 0.567. The number of nitrogen functional groups attached to an aromatic ring is 1. The minimum Gasteiger partial charge on any atom is -0.493 e. The Morgan fingerprint density at radius 1 is 1.05 bits per heavy atom. The quantitative estimate of drug-likeness (QED) is 0.736. The zero-order chi connectivity index (χ0) is 13.9. The van der Waals surface area contributed by atoms with Gasteiger partial charge in [-0.25, -0.2) is 0 Å². The second kappa shape index (κ2) is 5.09. The Bertz CT molecular complexity index is 742. The summed E-state index contributed by atoms with van der Waals surface area (Å²) in [5.41, 5.74) is 7.27. The van der Waals surface area contributed by atoms with Gasteiger partial charge >= 0.3 is 0 Å². The first-order valence-electron chi connectivity index (χ1n) is 6.23. The summed E-state index contributed by atoms with van der Waals surface area (Å²) >= 11 is 0. The van der Waals surface area contributed by atoms with Crippen LogP contribution in [-0.2, 0) is 0 Å². The number of anilines is 1. The predicted octanol–water partition coefficient (Wildman–Crippen LogP) is 3.62. The average molecular weight is 266 g/mol. The van der Waals surface area contributed by atoms with Gasteiger partial charge in [-0.05, 0) is 24.3 Å². The van der Waals surface area contributed by atoms with Gasteiger partial charge in [-0.2, -0.15) is 0 Å². The monoisotopic (exact) mass is 266 g/mol. The SMILES string of the molecule is COc1cc(N)c2ncccc2c1Oc1ccccc1. The summed E-state index contributed by atoms with van der Waals surface area (Å²) in [6.45, 7) is 0. The number of para-hydroxylation sites is 1. The molecule has 0 saturated heterocycles. The van der Waals surface area contributed by atoms with E-state index in [0.717, 1.165) is 11.1 Å². The zero-order valence-electron chi connectivity index (χ0n) is 11.0. The van der Waals surface area contributed by atoms with E-state index in [-0.39, 0.29) is 0 Å². The summed E-state index contributed by atoms with van der Waals surface area (Å²) in [6.07, 6.45) is 1.71. The van der Waals surface area contributed by atoms with Gasteiger partial charge in [0.1, 0.15) is 5.75 Å². The third-order valence-electron chi connectivity index (χ3n) is 3.02. The number of hydrogen-bond donors (Lipinski definition) is 1. The van der Waals surface area contributed by atoms with E-state index in [0.29, 0.717) is 22.7 Å². The number of aromatic nitrogens is 1. The number of rotatable bonds is 3. The molecule has 0 saturated carbocycles. The molecule has 3 aromatic rings. The van der Waals surface area contributed by atoms with Gasteiger partial charge in [0.2, 0.25) is 0 Å². The van der Waals surface area contributed by atoms with Crippen molar-refractivity contribution in [2.75, 3.05) is 12.8 Å². The van der Waals surface area contributed by atoms with E-state index in [4.69, 9.17) is 15.2 Å². The number of benzene rings is 2. The van der Waals surface area contributed by atoms with Crippen LogP contribution in [0, 0.1) is 0 Å². The van der Waals surface area contributed by atoms with E-state index in [1.54, 1.807) is 19.4 Å². The maximum atomic E-state index is 6.00. The van der Waals surface area contributed by atoms with Crippen LogP contribution in [0.2, 0.25) is 0 Å². The van der Waals surface area contributed by atoms with Crippen molar-refractivity contribution < 1.29 is 9.47 Å². The van der Waals surface area contributed by atoms with Gasteiger partial charge in [-0.1, -0.05) is 18.2 Å². The van der Waals surface area contributed by atoms with Crippen LogP contribution in [0.5, 0.6) is 17.2 Å². The van der Waals surface area contributed by atoms with Crippen molar-refractivity contribution in [2.24, 2.45) is 0 Å². The second-order valence-corrected chi connectivity index (χ2v) is 4.31. The van der Waals surface area contributed by atoms with E-state index in [2.05, 4.69) is 4.98 Å². The molecule has 0 bridgehead atoms. The summed E-state index contributed by atoms with van der Waals surface area (Å²) in [6, 6.07) is 15.0. The standard InChI is InChI=1S/C16H14N2O2/c1-19-14-10-13(17)15-12(8-5-9-18-15)16(14)20-11-6-3-2-4-7-11/h2-10H,17H2,1H3. The fraction of sp³-hybridized carbons (Fsp3) is 0.0625. The molecule has 3 rings (SSSR count). The molecule has 4 heteroatoms. The molecule has 0 aliphatic heterocycles. The molecule has 1 aromatic heterocycles. The van der Waals surface area contributed by atoms with Crippen molar-refractivity contribution in [1.29, 1.82) is 0 Å². The number of nitrogens with zero attached hydrogens (tertiary/aromatic N) is 1. The lowest BCUT2D eigenvalue weighted by Gasteiger charge is -2.14. The molecule has 0 fully saturated rings. The summed E-state index contributed by atoms with van der Waals surface area (Å²) < 4.78 is 11.3. The van der Waals surface area contributed by atoms with Gasteiger partial charge in [0.15, 0.2) is 11.5 Å². The number of ether oxygens (including phenoxy) is 2. The van der Waals surface area contributed by atoms with Gasteiger partial charge in [0.25, 0.3) is 0 Å². The Labute approximate surface area is 116 Å². The lowest BCUT2D eigenvalue weighted by atomic mass is 10.1. The van der Waals surface area contributed by atoms with Crippen molar-refractivity contribution in [2.45, 2.75) is 0 Å². The Balaban J connectivity index is 2.20. The fourth-order valence-corrected chi connectivity index (χ4v) is 2.09. The van der Waals surface area contributed by atoms with Gasteiger partial charge in [-0.15, -0.1) is 0 Å². The van der Waals surface area contributed by atoms with Gasteiger partial charge in [0, 0.05) is 17.6 Å². The van der Waals surface area contributed by atoms with Crippen LogP contribution in [0.3, 0.4) is 0 Å². The lowest BCUT2D eigenvalue weighted by molar-refractivity contribution is 0.381. The van der Waals surface area contributed by atoms with Crippen LogP contribution < -0.4 is 15.2 Å². The van der Waals surface area contributed by atoms with E-state index in [1.807, 2.05) is 42.5 Å². The normalized spacial score (nSPS) is 10.4. The highest BCUT2D eigenvalue weighted by Crippen LogP contribution is 2.40. The van der Waals surface area contributed by atoms with Crippen LogP contribution >= 0.6 is 0 Å². The number of nitrogens with two attached hydrogens (primary N) is 1. The molecule has 4 nitrogen and oxygen atoms in total. The molecule has 2 N–H and O–H groups in total. The number of methoxy groups -OCH3 is 1. The largest absolute Gasteiger partial charge is 0.493 e. The molecular weight excluding hydrogens is 252 g/mol. The van der Waals surface area contributed by atoms with Gasteiger partial charge in [-0.3, -0.25) is 4.98 Å². The second-order valence-electron chi connectivity index (χ2n) is 4.31. The van der Waals surface area contributed by atoms with Gasteiger partial charge in [0.05, 0.1) is 18.3 Å². The third kappa shape index (κ3) is 2.12. The Hall–Kier alpha value is -2.75. The molecule has 100 valence electrons. The van der Waals surface area contributed by atoms with Crippen LogP contribution in [0.4, 0.5) is 5.69 Å². The van der Waals surface area contributed by atoms with Crippen LogP contribution in [-0.4, -0.2) is 12.1 Å². The van der Waals surface area contributed by atoms with E-state index in [1.165, 1.54) is 0 Å². The summed E-state index contributed by atoms with van der Waals surface area (Å²) in [4.78, 5) is 4.30. The van der Waals surface area contributed by atoms with Crippen LogP contribution in [0.25, 0.3) is 10.9 Å². The molecular formula is C16H14N2O2. The number of pyridine rings is 1. The summed E-state index contributed by atoms with van der Waals surface area (Å²) in [5.74, 6) is 1.95. The molecule has 2 aromatic carbocycles. The molecule has 0 atom stereocenters. The highest BCUT2D eigenvalue weighted by atomic mass is 16.5. The smallest absolute Gasteiger partial charge is 0.178 e. The van der Waals surface area contributed by atoms with E-state index in [9.17, 15) is 0 Å². The van der Waals surface area contributed by atoms with Crippen LogP contribution in [0.15, 0.2) is 54.7 Å². The lowest BCUT2D eigenvalue weighted by Crippen LogP contribution is -1.96. The highest BCUT2D eigenvalue weighted by Gasteiger charge is 2.14. The summed E-state index contributed by atoms with van der Waals surface area (Å²) in [5, 5.41) is 0.827. The molecule has 0 spiro atoms. The molecule has 0 amide bonds. The first kappa shape index (κ1) is 12.3. The van der Waals surface area contributed by atoms with Crippen molar-refractivity contribution in [1.82, 2.24) is 4.98 Å². The zero-order valence-corrected chi connectivity index (χ0v) is 11.0. The van der Waals surface area contributed by atoms with Gasteiger partial charge < -0.3 is 15.2 Å². The maximum Gasteiger partial charge on any atom is 0.178 e.